The van der Waals surface area contributed by atoms with E-state index in [9.17, 15) is 10.1 Å². The van der Waals surface area contributed by atoms with Crippen molar-refractivity contribution in [3.63, 3.8) is 0 Å². The van der Waals surface area contributed by atoms with Crippen LogP contribution in [0, 0.1) is 17.2 Å². The number of rotatable bonds is 7. The maximum Gasteiger partial charge on any atom is 0.235 e. The average Bonchev–Trinajstić information content (AvgIpc) is 3.47. The van der Waals surface area contributed by atoms with E-state index < -0.39 is 0 Å². The Bertz CT molecular complexity index is 1300. The minimum atomic E-state index is -0.125. The van der Waals surface area contributed by atoms with Crippen molar-refractivity contribution >= 4 is 45.3 Å². The zero-order chi connectivity index (χ0) is 24.4. The van der Waals surface area contributed by atoms with Crippen LogP contribution in [0.25, 0.3) is 11.4 Å². The zero-order valence-electron chi connectivity index (χ0n) is 19.9. The van der Waals surface area contributed by atoms with E-state index >= 15 is 0 Å². The number of hydrogen-bond acceptors (Lipinski definition) is 7. The van der Waals surface area contributed by atoms with Gasteiger partial charge in [0.1, 0.15) is 11.1 Å². The summed E-state index contributed by atoms with van der Waals surface area (Å²) in [6.07, 6.45) is 10.6. The van der Waals surface area contributed by atoms with Gasteiger partial charge in [0.25, 0.3) is 0 Å². The third-order valence-electron chi connectivity index (χ3n) is 6.79. The highest BCUT2D eigenvalue weighted by atomic mass is 32.2. The quantitative estimate of drug-likeness (QED) is 0.225. The molecule has 1 unspecified atom stereocenters. The second kappa shape index (κ2) is 10.7. The van der Waals surface area contributed by atoms with Crippen LogP contribution in [0.3, 0.4) is 0 Å². The summed E-state index contributed by atoms with van der Waals surface area (Å²) in [6.45, 7) is 6.81. The molecular formula is C26H29N5OS3. The Morgan fingerprint density at radius 3 is 2.97 bits per heavy atom. The molecule has 3 aromatic rings. The van der Waals surface area contributed by atoms with Gasteiger partial charge in [-0.3, -0.25) is 9.36 Å². The summed E-state index contributed by atoms with van der Waals surface area (Å²) in [4.78, 5) is 15.6. The number of thiophene rings is 2. The molecule has 5 rings (SSSR count). The number of nitriles is 1. The lowest BCUT2D eigenvalue weighted by Gasteiger charge is -2.19. The number of nitrogens with zero attached hydrogens (tertiary/aromatic N) is 4. The summed E-state index contributed by atoms with van der Waals surface area (Å²) >= 11 is 4.76. The molecule has 0 aliphatic heterocycles. The zero-order valence-corrected chi connectivity index (χ0v) is 22.4. The Balaban J connectivity index is 1.31. The summed E-state index contributed by atoms with van der Waals surface area (Å²) < 4.78 is 2.05. The van der Waals surface area contributed by atoms with Crippen LogP contribution in [0.5, 0.6) is 0 Å². The number of amides is 1. The smallest absolute Gasteiger partial charge is 0.235 e. The van der Waals surface area contributed by atoms with Crippen molar-refractivity contribution in [2.75, 3.05) is 11.1 Å². The lowest BCUT2D eigenvalue weighted by atomic mass is 9.88. The van der Waals surface area contributed by atoms with Gasteiger partial charge in [-0.1, -0.05) is 31.2 Å². The van der Waals surface area contributed by atoms with E-state index in [4.69, 9.17) is 0 Å². The summed E-state index contributed by atoms with van der Waals surface area (Å²) in [5, 5.41) is 25.3. The molecule has 0 saturated heterocycles. The molecule has 1 amide bonds. The maximum atomic E-state index is 12.9. The Morgan fingerprint density at radius 1 is 1.29 bits per heavy atom. The first-order valence-corrected chi connectivity index (χ1v) is 14.9. The van der Waals surface area contributed by atoms with Gasteiger partial charge in [-0.25, -0.2) is 0 Å². The Hall–Kier alpha value is -2.41. The molecule has 1 N–H and O–H groups in total. The average molecular weight is 524 g/mol. The monoisotopic (exact) mass is 523 g/mol. The van der Waals surface area contributed by atoms with Gasteiger partial charge < -0.3 is 5.32 Å². The van der Waals surface area contributed by atoms with Gasteiger partial charge in [0.2, 0.25) is 5.91 Å². The molecule has 6 nitrogen and oxygen atoms in total. The molecule has 0 saturated carbocycles. The topological polar surface area (TPSA) is 83.6 Å². The number of aryl methyl sites for hydroxylation is 1. The van der Waals surface area contributed by atoms with Crippen LogP contribution in [0.4, 0.5) is 5.00 Å². The SMILES string of the molecule is C=CCn1c(SCC(=O)Nc2sc3c(c2C#N)CCCCC3)nnc1-c1csc2c1CCC(C)C2. The van der Waals surface area contributed by atoms with Crippen molar-refractivity contribution in [3.8, 4) is 17.5 Å². The van der Waals surface area contributed by atoms with Gasteiger partial charge in [0.15, 0.2) is 11.0 Å². The van der Waals surface area contributed by atoms with E-state index in [0.29, 0.717) is 22.3 Å². The summed E-state index contributed by atoms with van der Waals surface area (Å²) in [5.74, 6) is 1.67. The molecule has 9 heteroatoms. The summed E-state index contributed by atoms with van der Waals surface area (Å²) in [6, 6.07) is 2.34. The van der Waals surface area contributed by atoms with Crippen molar-refractivity contribution < 1.29 is 4.79 Å². The highest BCUT2D eigenvalue weighted by Gasteiger charge is 2.25. The van der Waals surface area contributed by atoms with Crippen LogP contribution in [0.1, 0.15) is 59.1 Å². The number of allylic oxidation sites excluding steroid dienone is 1. The fraction of sp³-hybridized carbons (Fsp3) is 0.462. The minimum Gasteiger partial charge on any atom is -0.316 e. The molecule has 2 aliphatic rings. The van der Waals surface area contributed by atoms with E-state index in [-0.39, 0.29) is 11.7 Å². The van der Waals surface area contributed by atoms with Crippen molar-refractivity contribution in [1.29, 1.82) is 5.26 Å². The van der Waals surface area contributed by atoms with Gasteiger partial charge in [-0.05, 0) is 62.0 Å². The van der Waals surface area contributed by atoms with Gasteiger partial charge in [-0.15, -0.1) is 39.4 Å². The number of carbonyl (C=O) groups is 1. The maximum absolute atomic E-state index is 12.9. The van der Waals surface area contributed by atoms with Crippen LogP contribution < -0.4 is 5.32 Å². The van der Waals surface area contributed by atoms with E-state index in [0.717, 1.165) is 55.8 Å². The number of fused-ring (bicyclic) bond motifs is 2. The number of hydrogen-bond donors (Lipinski definition) is 1. The van der Waals surface area contributed by atoms with Gasteiger partial charge in [0, 0.05) is 27.2 Å². The molecule has 3 aromatic heterocycles. The Morgan fingerprint density at radius 2 is 2.14 bits per heavy atom. The molecule has 0 spiro atoms. The molecule has 3 heterocycles. The Labute approximate surface area is 218 Å². The van der Waals surface area contributed by atoms with Crippen LogP contribution in [-0.4, -0.2) is 26.4 Å². The molecule has 0 fully saturated rings. The first-order valence-electron chi connectivity index (χ1n) is 12.2. The number of carbonyl (C=O) groups excluding carboxylic acids is 1. The largest absolute Gasteiger partial charge is 0.316 e. The van der Waals surface area contributed by atoms with Crippen molar-refractivity contribution in [3.05, 3.63) is 44.5 Å². The normalized spacial score (nSPS) is 17.2. The summed E-state index contributed by atoms with van der Waals surface area (Å²) in [7, 11) is 0. The van der Waals surface area contributed by atoms with E-state index in [1.165, 1.54) is 45.5 Å². The van der Waals surface area contributed by atoms with Gasteiger partial charge in [0.05, 0.1) is 11.3 Å². The number of anilines is 1. The van der Waals surface area contributed by atoms with Crippen molar-refractivity contribution in [2.24, 2.45) is 5.92 Å². The second-order valence-electron chi connectivity index (χ2n) is 9.32. The standard InChI is InChI=1S/C26H29N5OS3/c1-3-11-31-24(20-14-33-22-12-16(2)9-10-18(20)22)29-30-26(31)34-15-23(32)28-25-19(13-27)17-7-5-4-6-8-21(17)35-25/h3,14,16H,1,4-12,15H2,2H3,(H,28,32). The fourth-order valence-electron chi connectivity index (χ4n) is 5.00. The molecule has 35 heavy (non-hydrogen) atoms. The van der Waals surface area contributed by atoms with Gasteiger partial charge in [-0.2, -0.15) is 5.26 Å². The highest BCUT2D eigenvalue weighted by Crippen LogP contribution is 2.39. The molecule has 2 aliphatic carbocycles. The van der Waals surface area contributed by atoms with E-state index in [1.54, 1.807) is 11.3 Å². The number of thioether (sulfide) groups is 1. The van der Waals surface area contributed by atoms with Crippen LogP contribution in [0.15, 0.2) is 23.2 Å². The van der Waals surface area contributed by atoms with Crippen molar-refractivity contribution in [1.82, 2.24) is 14.8 Å². The lowest BCUT2D eigenvalue weighted by molar-refractivity contribution is -0.113. The first-order chi connectivity index (χ1) is 17.1. The van der Waals surface area contributed by atoms with Crippen LogP contribution in [-0.2, 0) is 37.0 Å². The molecule has 0 bridgehead atoms. The predicted octanol–water partition coefficient (Wildman–Crippen LogP) is 6.25. The molecule has 0 radical (unpaired) electrons. The fourth-order valence-corrected chi connectivity index (χ4v) is 8.24. The van der Waals surface area contributed by atoms with Crippen LogP contribution in [0.2, 0.25) is 0 Å². The molecule has 1 atom stereocenters. The van der Waals surface area contributed by atoms with Crippen LogP contribution >= 0.6 is 34.4 Å². The van der Waals surface area contributed by atoms with Crippen molar-refractivity contribution in [2.45, 2.75) is 70.0 Å². The molecule has 0 aromatic carbocycles. The number of nitrogens with one attached hydrogen (secondary N) is 1. The predicted molar refractivity (Wildman–Crippen MR) is 144 cm³/mol. The number of aromatic nitrogens is 3. The second-order valence-corrected chi connectivity index (χ2v) is 12.3. The lowest BCUT2D eigenvalue weighted by Crippen LogP contribution is -2.14. The minimum absolute atomic E-state index is 0.125. The molecule has 182 valence electrons. The molecular weight excluding hydrogens is 495 g/mol. The van der Waals surface area contributed by atoms with Gasteiger partial charge >= 0.3 is 0 Å². The third kappa shape index (κ3) is 4.97. The van der Waals surface area contributed by atoms with E-state index in [2.05, 4.69) is 45.0 Å². The highest BCUT2D eigenvalue weighted by molar-refractivity contribution is 7.99. The Kier molecular flexibility index (Phi) is 7.42. The third-order valence-corrected chi connectivity index (χ3v) is 10.0. The first kappa shape index (κ1) is 24.3. The van der Waals surface area contributed by atoms with E-state index in [1.807, 2.05) is 17.4 Å². The summed E-state index contributed by atoms with van der Waals surface area (Å²) in [5.41, 5.74) is 4.36.